The Morgan fingerprint density at radius 2 is 1.95 bits per heavy atom. The van der Waals surface area contributed by atoms with E-state index in [1.807, 2.05) is 6.92 Å². The zero-order valence-electron chi connectivity index (χ0n) is 12.0. The molecule has 1 amide bonds. The lowest BCUT2D eigenvalue weighted by Crippen LogP contribution is -2.27. The Kier molecular flexibility index (Phi) is 5.39. The van der Waals surface area contributed by atoms with Crippen molar-refractivity contribution in [1.82, 2.24) is 0 Å². The second-order valence-corrected chi connectivity index (χ2v) is 5.42. The third-order valence-corrected chi connectivity index (χ3v) is 2.40. The molecule has 6 heteroatoms. The van der Waals surface area contributed by atoms with E-state index in [2.05, 4.69) is 5.32 Å². The standard InChI is InChI=1S/C14H18ClNO4/c1-9-5-6-10(12(17)19-8-15)7-11(9)16-13(18)20-14(2,3)4/h5-7H,8H2,1-4H3,(H,16,18). The Bertz CT molecular complexity index is 508. The normalized spacial score (nSPS) is 10.8. The quantitative estimate of drug-likeness (QED) is 0.683. The van der Waals surface area contributed by atoms with Gasteiger partial charge in [-0.2, -0.15) is 0 Å². The molecule has 0 aromatic heterocycles. The van der Waals surface area contributed by atoms with Crippen LogP contribution in [0, 0.1) is 6.92 Å². The molecule has 0 bridgehead atoms. The van der Waals surface area contributed by atoms with Crippen molar-refractivity contribution in [2.75, 3.05) is 11.4 Å². The lowest BCUT2D eigenvalue weighted by molar-refractivity contribution is 0.0571. The third-order valence-electron chi connectivity index (χ3n) is 2.29. The van der Waals surface area contributed by atoms with Crippen LogP contribution < -0.4 is 5.32 Å². The zero-order valence-corrected chi connectivity index (χ0v) is 12.7. The fraction of sp³-hybridized carbons (Fsp3) is 0.429. The summed E-state index contributed by atoms with van der Waals surface area (Å²) in [5, 5.41) is 2.60. The Hall–Kier alpha value is -1.75. The van der Waals surface area contributed by atoms with Crippen LogP contribution in [-0.2, 0) is 9.47 Å². The summed E-state index contributed by atoms with van der Waals surface area (Å²) in [6.07, 6.45) is -0.580. The summed E-state index contributed by atoms with van der Waals surface area (Å²) < 4.78 is 9.85. The maximum absolute atomic E-state index is 11.7. The van der Waals surface area contributed by atoms with Crippen molar-refractivity contribution >= 4 is 29.4 Å². The second kappa shape index (κ2) is 6.61. The molecule has 5 nitrogen and oxygen atoms in total. The van der Waals surface area contributed by atoms with Crippen LogP contribution in [0.2, 0.25) is 0 Å². The highest BCUT2D eigenvalue weighted by Crippen LogP contribution is 2.19. The zero-order chi connectivity index (χ0) is 15.3. The molecule has 0 heterocycles. The lowest BCUT2D eigenvalue weighted by atomic mass is 10.1. The maximum Gasteiger partial charge on any atom is 0.412 e. The minimum absolute atomic E-state index is 0.221. The van der Waals surface area contributed by atoms with Crippen molar-refractivity contribution in [3.8, 4) is 0 Å². The first-order chi connectivity index (χ1) is 9.23. The highest BCUT2D eigenvalue weighted by Gasteiger charge is 2.17. The minimum atomic E-state index is -0.590. The van der Waals surface area contributed by atoms with E-state index in [-0.39, 0.29) is 6.07 Å². The van der Waals surface area contributed by atoms with Crippen molar-refractivity contribution in [3.63, 3.8) is 0 Å². The smallest absolute Gasteiger partial charge is 0.412 e. The van der Waals surface area contributed by atoms with Gasteiger partial charge in [-0.15, -0.1) is 0 Å². The van der Waals surface area contributed by atoms with Crippen LogP contribution >= 0.6 is 11.6 Å². The van der Waals surface area contributed by atoms with Gasteiger partial charge in [0.25, 0.3) is 0 Å². The number of carbonyl (C=O) groups excluding carboxylic acids is 2. The van der Waals surface area contributed by atoms with Gasteiger partial charge in [0.2, 0.25) is 0 Å². The minimum Gasteiger partial charge on any atom is -0.446 e. The van der Waals surface area contributed by atoms with Gasteiger partial charge in [-0.1, -0.05) is 17.7 Å². The Morgan fingerprint density at radius 1 is 1.30 bits per heavy atom. The van der Waals surface area contributed by atoms with Gasteiger partial charge in [0.1, 0.15) is 5.60 Å². The molecule has 0 aliphatic carbocycles. The number of rotatable bonds is 3. The molecule has 0 unspecified atom stereocenters. The molecule has 0 spiro atoms. The van der Waals surface area contributed by atoms with Crippen LogP contribution in [-0.4, -0.2) is 23.7 Å². The molecule has 1 aromatic carbocycles. The predicted octanol–water partition coefficient (Wildman–Crippen LogP) is 3.70. The SMILES string of the molecule is Cc1ccc(C(=O)OCCl)cc1NC(=O)OC(C)(C)C. The molecule has 0 radical (unpaired) electrons. The second-order valence-electron chi connectivity index (χ2n) is 5.20. The summed E-state index contributed by atoms with van der Waals surface area (Å²) in [4.78, 5) is 23.3. The molecular formula is C14H18ClNO4. The van der Waals surface area contributed by atoms with E-state index in [4.69, 9.17) is 21.1 Å². The number of ether oxygens (including phenoxy) is 2. The average molecular weight is 300 g/mol. The molecule has 0 fully saturated rings. The molecule has 0 saturated carbocycles. The summed E-state index contributed by atoms with van der Waals surface area (Å²) >= 11 is 5.34. The van der Waals surface area contributed by atoms with Gasteiger partial charge in [-0.25, -0.2) is 9.59 Å². The van der Waals surface area contributed by atoms with Crippen molar-refractivity contribution in [1.29, 1.82) is 0 Å². The first-order valence-electron chi connectivity index (χ1n) is 6.06. The monoisotopic (exact) mass is 299 g/mol. The van der Waals surface area contributed by atoms with E-state index >= 15 is 0 Å². The van der Waals surface area contributed by atoms with Gasteiger partial charge in [0.15, 0.2) is 6.07 Å². The maximum atomic E-state index is 11.7. The van der Waals surface area contributed by atoms with Crippen LogP contribution in [0.4, 0.5) is 10.5 Å². The average Bonchev–Trinajstić information content (AvgIpc) is 2.29. The predicted molar refractivity (Wildman–Crippen MR) is 77.2 cm³/mol. The van der Waals surface area contributed by atoms with E-state index in [1.165, 1.54) is 6.07 Å². The van der Waals surface area contributed by atoms with Crippen LogP contribution in [0.1, 0.15) is 36.7 Å². The van der Waals surface area contributed by atoms with E-state index in [0.717, 1.165) is 5.56 Å². The largest absolute Gasteiger partial charge is 0.446 e. The molecule has 1 rings (SSSR count). The van der Waals surface area contributed by atoms with E-state index in [0.29, 0.717) is 11.3 Å². The van der Waals surface area contributed by atoms with Crippen molar-refractivity contribution in [2.45, 2.75) is 33.3 Å². The van der Waals surface area contributed by atoms with Crippen molar-refractivity contribution in [2.24, 2.45) is 0 Å². The number of alkyl halides is 1. The van der Waals surface area contributed by atoms with Gasteiger partial charge < -0.3 is 9.47 Å². The van der Waals surface area contributed by atoms with Gasteiger partial charge in [-0.3, -0.25) is 5.32 Å². The Balaban J connectivity index is 2.87. The fourth-order valence-electron chi connectivity index (χ4n) is 1.43. The van der Waals surface area contributed by atoms with Crippen molar-refractivity contribution < 1.29 is 19.1 Å². The summed E-state index contributed by atoms with van der Waals surface area (Å²) in [5.74, 6) is -0.549. The molecule has 0 atom stereocenters. The number of hydrogen-bond acceptors (Lipinski definition) is 4. The van der Waals surface area contributed by atoms with Crippen LogP contribution in [0.25, 0.3) is 0 Å². The van der Waals surface area contributed by atoms with Crippen LogP contribution in [0.3, 0.4) is 0 Å². The van der Waals surface area contributed by atoms with Crippen LogP contribution in [0.5, 0.6) is 0 Å². The van der Waals surface area contributed by atoms with Crippen molar-refractivity contribution in [3.05, 3.63) is 29.3 Å². The summed E-state index contributed by atoms with van der Waals surface area (Å²) in [6, 6.07) is 4.61. The lowest BCUT2D eigenvalue weighted by Gasteiger charge is -2.20. The molecule has 20 heavy (non-hydrogen) atoms. The fourth-order valence-corrected chi connectivity index (χ4v) is 1.53. The van der Waals surface area contributed by atoms with Gasteiger partial charge in [-0.05, 0) is 45.4 Å². The number of aryl methyl sites for hydroxylation is 1. The first-order valence-corrected chi connectivity index (χ1v) is 6.60. The molecule has 0 aliphatic heterocycles. The highest BCUT2D eigenvalue weighted by atomic mass is 35.5. The first kappa shape index (κ1) is 16.3. The van der Waals surface area contributed by atoms with Crippen LogP contribution in [0.15, 0.2) is 18.2 Å². The molecule has 1 N–H and O–H groups in total. The van der Waals surface area contributed by atoms with Gasteiger partial charge in [0, 0.05) is 5.69 Å². The number of nitrogens with one attached hydrogen (secondary N) is 1. The number of amides is 1. The van der Waals surface area contributed by atoms with E-state index in [1.54, 1.807) is 32.9 Å². The third kappa shape index (κ3) is 5.09. The van der Waals surface area contributed by atoms with Gasteiger partial charge in [0.05, 0.1) is 5.56 Å². The Labute approximate surface area is 123 Å². The summed E-state index contributed by atoms with van der Waals surface area (Å²) in [5.41, 5.74) is 1.01. The number of benzene rings is 1. The van der Waals surface area contributed by atoms with E-state index in [9.17, 15) is 9.59 Å². The molecule has 1 aromatic rings. The topological polar surface area (TPSA) is 64.6 Å². The number of carbonyl (C=O) groups is 2. The summed E-state index contributed by atoms with van der Waals surface area (Å²) in [7, 11) is 0. The molecule has 110 valence electrons. The number of anilines is 1. The number of halogens is 1. The van der Waals surface area contributed by atoms with E-state index < -0.39 is 17.7 Å². The van der Waals surface area contributed by atoms with Gasteiger partial charge >= 0.3 is 12.1 Å². The Morgan fingerprint density at radius 3 is 2.50 bits per heavy atom. The number of hydrogen-bond donors (Lipinski definition) is 1. The molecular weight excluding hydrogens is 282 g/mol. The molecule has 0 aliphatic rings. The highest BCUT2D eigenvalue weighted by molar-refractivity contribution is 6.17. The summed E-state index contributed by atoms with van der Waals surface area (Å²) in [6.45, 7) is 7.12. The number of esters is 1. The molecule has 0 saturated heterocycles.